The summed E-state index contributed by atoms with van der Waals surface area (Å²) in [5, 5.41) is -1.72. The molecule has 0 N–H and O–H groups in total. The second kappa shape index (κ2) is 11.8. The average Bonchev–Trinajstić information content (AvgIpc) is 3.01. The van der Waals surface area contributed by atoms with Gasteiger partial charge in [0.1, 0.15) is 5.78 Å². The van der Waals surface area contributed by atoms with E-state index < -0.39 is 53.8 Å². The maximum atomic E-state index is 14.6. The molecule has 2 fully saturated rings. The second-order valence-electron chi connectivity index (χ2n) is 12.7. The van der Waals surface area contributed by atoms with Crippen molar-refractivity contribution >= 4 is 25.5 Å². The Kier molecular flexibility index (Phi) is 8.14. The van der Waals surface area contributed by atoms with Gasteiger partial charge < -0.3 is 0 Å². The zero-order chi connectivity index (χ0) is 31.2. The Morgan fingerprint density at radius 1 is 0.523 bits per heavy atom. The zero-order valence-corrected chi connectivity index (χ0v) is 26.9. The van der Waals surface area contributed by atoms with Gasteiger partial charge in [-0.3, -0.25) is 4.79 Å². The van der Waals surface area contributed by atoms with Crippen LogP contribution in [0.15, 0.2) is 113 Å². The lowest BCUT2D eigenvalue weighted by molar-refractivity contribution is -0.128. The fourth-order valence-electron chi connectivity index (χ4n) is 7.46. The number of rotatable bonds is 6. The van der Waals surface area contributed by atoms with E-state index in [9.17, 15) is 21.6 Å². The van der Waals surface area contributed by atoms with Gasteiger partial charge in [0.25, 0.3) is 0 Å². The molecule has 2 saturated carbocycles. The summed E-state index contributed by atoms with van der Waals surface area (Å²) >= 11 is 0. The van der Waals surface area contributed by atoms with Crippen LogP contribution < -0.4 is 0 Å². The van der Waals surface area contributed by atoms with Crippen LogP contribution in [0.2, 0.25) is 0 Å². The minimum Gasteiger partial charge on any atom is -0.299 e. The lowest BCUT2D eigenvalue weighted by Gasteiger charge is -2.48. The van der Waals surface area contributed by atoms with Gasteiger partial charge >= 0.3 is 0 Å². The van der Waals surface area contributed by atoms with Gasteiger partial charge in [-0.05, 0) is 74.9 Å². The van der Waals surface area contributed by atoms with Gasteiger partial charge in [-0.15, -0.1) is 0 Å². The van der Waals surface area contributed by atoms with Crippen LogP contribution in [-0.2, 0) is 24.5 Å². The molecule has 6 rings (SSSR count). The number of carbonyl (C=O) groups is 1. The van der Waals surface area contributed by atoms with Crippen molar-refractivity contribution in [3.8, 4) is 0 Å². The number of ketones is 1. The number of aryl methyl sites for hydroxylation is 3. The first-order valence-corrected chi connectivity index (χ1v) is 18.3. The molecule has 4 aromatic carbocycles. The Labute approximate surface area is 261 Å². The molecule has 0 saturated heterocycles. The van der Waals surface area contributed by atoms with E-state index in [1.54, 1.807) is 48.5 Å². The molecule has 4 aromatic rings. The molecule has 0 aliphatic heterocycles. The van der Waals surface area contributed by atoms with Gasteiger partial charge in [0, 0.05) is 24.2 Å². The summed E-state index contributed by atoms with van der Waals surface area (Å²) in [5.41, 5.74) is 4.65. The number of fused-ring (bicyclic) bond motifs is 1. The standard InChI is InChI=1S/C37H38O5S2/c1-24-9-15-28(16-10-24)31-21-34-33(23-36(31)43(39,40)29-17-11-25(2)12-18-29)35(38)22-32(27-7-5-4-6-8-27)37(34)44(41,42)30-19-13-26(3)14-20-30/h4-20,31-34,36-37H,21-23H2,1-3H3/t31-,32-,33+,34-,36?,37?/m0/s1. The number of benzene rings is 4. The van der Waals surface area contributed by atoms with Crippen molar-refractivity contribution in [2.45, 2.75) is 72.2 Å². The molecule has 7 heteroatoms. The fraction of sp³-hybridized carbons (Fsp3) is 0.324. The topological polar surface area (TPSA) is 85.3 Å². The molecule has 2 unspecified atom stereocenters. The molecule has 0 bridgehead atoms. The van der Waals surface area contributed by atoms with Gasteiger partial charge in [0.15, 0.2) is 19.7 Å². The quantitative estimate of drug-likeness (QED) is 0.227. The molecule has 5 nitrogen and oxygen atoms in total. The third-order valence-electron chi connectivity index (χ3n) is 9.82. The maximum Gasteiger partial charge on any atom is 0.182 e. The summed E-state index contributed by atoms with van der Waals surface area (Å²) < 4.78 is 57.9. The zero-order valence-electron chi connectivity index (χ0n) is 25.3. The Morgan fingerprint density at radius 3 is 1.55 bits per heavy atom. The molecule has 228 valence electrons. The Hall–Kier alpha value is -3.55. The summed E-state index contributed by atoms with van der Waals surface area (Å²) in [7, 11) is -7.73. The highest BCUT2D eigenvalue weighted by Crippen LogP contribution is 2.54. The van der Waals surface area contributed by atoms with Gasteiger partial charge in [0.05, 0.1) is 20.3 Å². The number of sulfone groups is 2. The molecular weight excluding hydrogens is 589 g/mol. The van der Waals surface area contributed by atoms with Crippen molar-refractivity contribution in [2.24, 2.45) is 11.8 Å². The largest absolute Gasteiger partial charge is 0.299 e. The van der Waals surface area contributed by atoms with Crippen molar-refractivity contribution < 1.29 is 21.6 Å². The third kappa shape index (κ3) is 5.56. The van der Waals surface area contributed by atoms with E-state index in [0.717, 1.165) is 27.8 Å². The molecule has 0 aromatic heterocycles. The first kappa shape index (κ1) is 30.5. The summed E-state index contributed by atoms with van der Waals surface area (Å²) in [6, 6.07) is 31.1. The lowest BCUT2D eigenvalue weighted by atomic mass is 9.61. The predicted octanol–water partition coefficient (Wildman–Crippen LogP) is 7.16. The molecular formula is C37H38O5S2. The number of Topliss-reactive ketones (excluding diaryl/α,β-unsaturated/α-hetero) is 1. The van der Waals surface area contributed by atoms with Crippen molar-refractivity contribution in [3.05, 3.63) is 131 Å². The molecule has 2 aliphatic carbocycles. The van der Waals surface area contributed by atoms with Crippen LogP contribution in [0.3, 0.4) is 0 Å². The minimum absolute atomic E-state index is 0.0503. The van der Waals surface area contributed by atoms with E-state index in [0.29, 0.717) is 0 Å². The normalized spacial score (nSPS) is 25.8. The average molecular weight is 627 g/mol. The lowest BCUT2D eigenvalue weighted by Crippen LogP contribution is -2.53. The molecule has 2 aliphatic rings. The van der Waals surface area contributed by atoms with Gasteiger partial charge in [-0.1, -0.05) is 95.6 Å². The summed E-state index contributed by atoms with van der Waals surface area (Å²) in [4.78, 5) is 14.5. The van der Waals surface area contributed by atoms with E-state index in [1.165, 1.54) is 0 Å². The molecule has 0 heterocycles. The minimum atomic E-state index is -3.89. The predicted molar refractivity (Wildman–Crippen MR) is 173 cm³/mol. The van der Waals surface area contributed by atoms with Crippen LogP contribution in [0.25, 0.3) is 0 Å². The third-order valence-corrected chi connectivity index (χ3v) is 14.4. The Balaban J connectivity index is 1.50. The van der Waals surface area contributed by atoms with Crippen LogP contribution in [0.5, 0.6) is 0 Å². The Morgan fingerprint density at radius 2 is 1.00 bits per heavy atom. The van der Waals surface area contributed by atoms with Crippen LogP contribution in [0.4, 0.5) is 0 Å². The van der Waals surface area contributed by atoms with Gasteiger partial charge in [-0.2, -0.15) is 0 Å². The summed E-state index contributed by atoms with van der Waals surface area (Å²) in [6.45, 7) is 5.81. The van der Waals surface area contributed by atoms with Crippen LogP contribution in [0.1, 0.15) is 58.9 Å². The number of hydrogen-bond donors (Lipinski definition) is 0. The van der Waals surface area contributed by atoms with Crippen molar-refractivity contribution in [2.75, 3.05) is 0 Å². The molecule has 6 atom stereocenters. The van der Waals surface area contributed by atoms with Crippen molar-refractivity contribution in [1.29, 1.82) is 0 Å². The second-order valence-corrected chi connectivity index (χ2v) is 16.9. The van der Waals surface area contributed by atoms with Crippen LogP contribution in [-0.4, -0.2) is 33.1 Å². The van der Waals surface area contributed by atoms with E-state index in [1.807, 2.05) is 75.4 Å². The van der Waals surface area contributed by atoms with Gasteiger partial charge in [0.2, 0.25) is 0 Å². The van der Waals surface area contributed by atoms with E-state index in [4.69, 9.17) is 0 Å². The fourth-order valence-corrected chi connectivity index (χ4v) is 11.8. The molecule has 0 radical (unpaired) electrons. The van der Waals surface area contributed by atoms with Gasteiger partial charge in [-0.25, -0.2) is 16.8 Å². The maximum absolute atomic E-state index is 14.6. The van der Waals surface area contributed by atoms with E-state index in [-0.39, 0.29) is 34.8 Å². The highest BCUT2D eigenvalue weighted by atomic mass is 32.2. The highest BCUT2D eigenvalue weighted by molar-refractivity contribution is 7.92. The van der Waals surface area contributed by atoms with Crippen LogP contribution in [0, 0.1) is 32.6 Å². The Bertz CT molecular complexity index is 1860. The summed E-state index contributed by atoms with van der Waals surface area (Å²) in [6.07, 6.45) is 0.446. The molecule has 0 amide bonds. The highest BCUT2D eigenvalue weighted by Gasteiger charge is 2.56. The summed E-state index contributed by atoms with van der Waals surface area (Å²) in [5.74, 6) is -2.26. The van der Waals surface area contributed by atoms with E-state index in [2.05, 4.69) is 0 Å². The van der Waals surface area contributed by atoms with Crippen molar-refractivity contribution in [3.63, 3.8) is 0 Å². The van der Waals surface area contributed by atoms with E-state index >= 15 is 0 Å². The molecule has 0 spiro atoms. The first-order valence-electron chi connectivity index (χ1n) is 15.2. The number of hydrogen-bond acceptors (Lipinski definition) is 5. The van der Waals surface area contributed by atoms with Crippen LogP contribution >= 0.6 is 0 Å². The molecule has 44 heavy (non-hydrogen) atoms. The SMILES string of the molecule is Cc1ccc([C@@H]2C[C@@H]3C(S(=O)(=O)c4ccc(C)cc4)[C@H](c4ccccc4)CC(=O)[C@@H]3CC2S(=O)(=O)c2ccc(C)cc2)cc1. The first-order chi connectivity index (χ1) is 21.0. The smallest absolute Gasteiger partial charge is 0.182 e. The van der Waals surface area contributed by atoms with Crippen molar-refractivity contribution in [1.82, 2.24) is 0 Å². The number of carbonyl (C=O) groups excluding carboxylic acids is 1. The monoisotopic (exact) mass is 626 g/mol.